The van der Waals surface area contributed by atoms with Crippen LogP contribution in [0.4, 0.5) is 4.39 Å². The predicted molar refractivity (Wildman–Crippen MR) is 106 cm³/mol. The number of likely N-dealkylation sites (tertiary alicyclic amines) is 1. The third-order valence-electron chi connectivity index (χ3n) is 5.62. The zero-order valence-corrected chi connectivity index (χ0v) is 16.1. The zero-order chi connectivity index (χ0) is 19.3. The maximum Gasteiger partial charge on any atom is 0.123 e. The van der Waals surface area contributed by atoms with Gasteiger partial charge in [0.15, 0.2) is 0 Å². The number of aliphatic hydroxyl groups excluding tert-OH is 1. The minimum Gasteiger partial charge on any atom is -0.489 e. The molecule has 1 aliphatic carbocycles. The predicted octanol–water partition coefficient (Wildman–Crippen LogP) is 3.73. The normalized spacial score (nSPS) is 23.4. The molecule has 1 N–H and O–H groups in total. The van der Waals surface area contributed by atoms with Crippen molar-refractivity contribution in [3.63, 3.8) is 0 Å². The first-order valence-electron chi connectivity index (χ1n) is 10.2. The van der Waals surface area contributed by atoms with E-state index in [1.54, 1.807) is 12.1 Å². The summed E-state index contributed by atoms with van der Waals surface area (Å²) in [6.45, 7) is 2.58. The first-order valence-corrected chi connectivity index (χ1v) is 10.2. The molecule has 2 aromatic carbocycles. The van der Waals surface area contributed by atoms with Crippen LogP contribution < -0.4 is 4.74 Å². The van der Waals surface area contributed by atoms with Gasteiger partial charge in [-0.25, -0.2) is 4.39 Å². The first-order chi connectivity index (χ1) is 13.7. The van der Waals surface area contributed by atoms with E-state index in [-0.39, 0.29) is 18.0 Å². The molecule has 3 atom stereocenters. The van der Waals surface area contributed by atoms with E-state index in [9.17, 15) is 9.50 Å². The number of hydrogen-bond acceptors (Lipinski definition) is 4. The minimum absolute atomic E-state index is 0.0730. The van der Waals surface area contributed by atoms with Crippen LogP contribution in [-0.4, -0.2) is 48.5 Å². The van der Waals surface area contributed by atoms with Crippen LogP contribution in [0.2, 0.25) is 0 Å². The number of ether oxygens (including phenoxy) is 2. The van der Waals surface area contributed by atoms with E-state index < -0.39 is 6.10 Å². The average Bonchev–Trinajstić information content (AvgIpc) is 3.15. The van der Waals surface area contributed by atoms with E-state index in [0.717, 1.165) is 38.8 Å². The molecule has 0 radical (unpaired) electrons. The zero-order valence-electron chi connectivity index (χ0n) is 16.1. The summed E-state index contributed by atoms with van der Waals surface area (Å²) in [6, 6.07) is 14.6. The van der Waals surface area contributed by atoms with Gasteiger partial charge >= 0.3 is 0 Å². The molecule has 0 spiro atoms. The molecule has 0 aromatic heterocycles. The highest BCUT2D eigenvalue weighted by molar-refractivity contribution is 5.31. The van der Waals surface area contributed by atoms with Crippen molar-refractivity contribution in [2.75, 3.05) is 26.2 Å². The van der Waals surface area contributed by atoms with Crippen LogP contribution in [-0.2, 0) is 11.2 Å². The fourth-order valence-electron chi connectivity index (χ4n) is 4.23. The lowest BCUT2D eigenvalue weighted by Gasteiger charge is -2.27. The number of β-amino-alcohol motifs (C(OH)–C–C–N with tert-alkyl or cyclic N) is 1. The Hall–Kier alpha value is -1.95. The average molecular weight is 385 g/mol. The van der Waals surface area contributed by atoms with Crippen molar-refractivity contribution in [3.8, 4) is 5.75 Å². The number of rotatable bonds is 7. The molecule has 2 aliphatic rings. The largest absolute Gasteiger partial charge is 0.489 e. The summed E-state index contributed by atoms with van der Waals surface area (Å²) in [5, 5.41) is 10.4. The molecule has 0 bridgehead atoms. The number of aryl methyl sites for hydroxylation is 1. The Morgan fingerprint density at radius 2 is 1.93 bits per heavy atom. The molecule has 1 aliphatic heterocycles. The number of benzene rings is 2. The molecule has 2 aromatic rings. The molecule has 2 unspecified atom stereocenters. The number of aliphatic hydroxyl groups is 1. The lowest BCUT2D eigenvalue weighted by Crippen LogP contribution is -2.35. The van der Waals surface area contributed by atoms with Gasteiger partial charge in [-0.2, -0.15) is 0 Å². The number of hydrogen-bond donors (Lipinski definition) is 1. The van der Waals surface area contributed by atoms with Gasteiger partial charge in [0, 0.05) is 19.6 Å². The Kier molecular flexibility index (Phi) is 6.25. The summed E-state index contributed by atoms with van der Waals surface area (Å²) < 4.78 is 25.0. The molecule has 5 heteroatoms. The fraction of sp³-hybridized carbons (Fsp3) is 0.478. The van der Waals surface area contributed by atoms with Crippen molar-refractivity contribution in [2.45, 2.75) is 44.0 Å². The summed E-state index contributed by atoms with van der Waals surface area (Å²) in [7, 11) is 0. The van der Waals surface area contributed by atoms with Crippen LogP contribution >= 0.6 is 0 Å². The van der Waals surface area contributed by atoms with Gasteiger partial charge in [0.2, 0.25) is 0 Å². The standard InChI is InChI=1S/C23H28FNO3/c24-18-8-10-20(11-9-18)28-21-12-13-25(15-21)14-19(26)16-27-23-7-3-5-17-4-1-2-6-22(17)23/h1-2,4,6,8-11,19,21,23,26H,3,5,7,12-16H2/t19?,21?,23-/m1/s1. The van der Waals surface area contributed by atoms with Crippen LogP contribution in [0.15, 0.2) is 48.5 Å². The maximum absolute atomic E-state index is 13.0. The van der Waals surface area contributed by atoms with Gasteiger partial charge in [0.1, 0.15) is 17.7 Å². The van der Waals surface area contributed by atoms with Crippen molar-refractivity contribution >= 4 is 0 Å². The number of nitrogens with zero attached hydrogens (tertiary/aromatic N) is 1. The molecule has 1 saturated heterocycles. The molecule has 1 heterocycles. The molecule has 28 heavy (non-hydrogen) atoms. The van der Waals surface area contributed by atoms with Crippen molar-refractivity contribution in [1.82, 2.24) is 4.90 Å². The second-order valence-electron chi connectivity index (χ2n) is 7.81. The van der Waals surface area contributed by atoms with Crippen molar-refractivity contribution in [1.29, 1.82) is 0 Å². The molecule has 150 valence electrons. The molecule has 0 saturated carbocycles. The molecule has 0 amide bonds. The van der Waals surface area contributed by atoms with Gasteiger partial charge in [0.05, 0.1) is 18.8 Å². The van der Waals surface area contributed by atoms with Gasteiger partial charge in [-0.1, -0.05) is 24.3 Å². The highest BCUT2D eigenvalue weighted by Gasteiger charge is 2.27. The van der Waals surface area contributed by atoms with Gasteiger partial charge < -0.3 is 14.6 Å². The summed E-state index contributed by atoms with van der Waals surface area (Å²) in [4.78, 5) is 2.21. The smallest absolute Gasteiger partial charge is 0.123 e. The van der Waals surface area contributed by atoms with E-state index >= 15 is 0 Å². The van der Waals surface area contributed by atoms with Crippen LogP contribution in [0.25, 0.3) is 0 Å². The lowest BCUT2D eigenvalue weighted by molar-refractivity contribution is -0.0268. The van der Waals surface area contributed by atoms with E-state index in [0.29, 0.717) is 18.9 Å². The van der Waals surface area contributed by atoms with Gasteiger partial charge in [-0.05, 0) is 61.1 Å². The number of halogens is 1. The quantitative estimate of drug-likeness (QED) is 0.789. The SMILES string of the molecule is OC(CO[C@@H]1CCCc2ccccc21)CN1CCC(Oc2ccc(F)cc2)C1. The molecular weight excluding hydrogens is 357 g/mol. The number of fused-ring (bicyclic) bond motifs is 1. The monoisotopic (exact) mass is 385 g/mol. The highest BCUT2D eigenvalue weighted by Crippen LogP contribution is 2.32. The van der Waals surface area contributed by atoms with E-state index in [1.165, 1.54) is 23.3 Å². The summed E-state index contributed by atoms with van der Waals surface area (Å²) >= 11 is 0. The van der Waals surface area contributed by atoms with Gasteiger partial charge in [-0.15, -0.1) is 0 Å². The Morgan fingerprint density at radius 1 is 1.11 bits per heavy atom. The van der Waals surface area contributed by atoms with Crippen LogP contribution in [0.5, 0.6) is 5.75 Å². The molecule has 4 rings (SSSR count). The molecule has 4 nitrogen and oxygen atoms in total. The maximum atomic E-state index is 13.0. The Balaban J connectivity index is 1.22. The van der Waals surface area contributed by atoms with Crippen LogP contribution in [0.1, 0.15) is 36.5 Å². The van der Waals surface area contributed by atoms with Crippen LogP contribution in [0.3, 0.4) is 0 Å². The van der Waals surface area contributed by atoms with Gasteiger partial charge in [0.25, 0.3) is 0 Å². The summed E-state index contributed by atoms with van der Waals surface area (Å²) in [5.41, 5.74) is 2.64. The lowest BCUT2D eigenvalue weighted by atomic mass is 9.89. The van der Waals surface area contributed by atoms with Crippen molar-refractivity contribution in [2.24, 2.45) is 0 Å². The van der Waals surface area contributed by atoms with Gasteiger partial charge in [-0.3, -0.25) is 4.90 Å². The highest BCUT2D eigenvalue weighted by atomic mass is 19.1. The molecular formula is C23H28FNO3. The minimum atomic E-state index is -0.515. The Labute approximate surface area is 165 Å². The second kappa shape index (κ2) is 9.03. The topological polar surface area (TPSA) is 41.9 Å². The third kappa shape index (κ3) is 4.90. The van der Waals surface area contributed by atoms with E-state index in [2.05, 4.69) is 29.2 Å². The Morgan fingerprint density at radius 3 is 2.79 bits per heavy atom. The fourth-order valence-corrected chi connectivity index (χ4v) is 4.23. The van der Waals surface area contributed by atoms with E-state index in [1.807, 2.05) is 0 Å². The van der Waals surface area contributed by atoms with Crippen LogP contribution in [0, 0.1) is 5.82 Å². The third-order valence-corrected chi connectivity index (χ3v) is 5.62. The molecule has 1 fully saturated rings. The van der Waals surface area contributed by atoms with E-state index in [4.69, 9.17) is 9.47 Å². The van der Waals surface area contributed by atoms with Crippen molar-refractivity contribution < 1.29 is 19.0 Å². The first kappa shape index (κ1) is 19.4. The summed E-state index contributed by atoms with van der Waals surface area (Å²) in [6.07, 6.45) is 3.81. The summed E-state index contributed by atoms with van der Waals surface area (Å²) in [5.74, 6) is 0.428. The van der Waals surface area contributed by atoms with Crippen molar-refractivity contribution in [3.05, 3.63) is 65.5 Å². The Bertz CT molecular complexity index is 767. The second-order valence-corrected chi connectivity index (χ2v) is 7.81.